The van der Waals surface area contributed by atoms with Crippen LogP contribution in [0.3, 0.4) is 0 Å². The van der Waals surface area contributed by atoms with E-state index in [2.05, 4.69) is 10.7 Å². The van der Waals surface area contributed by atoms with E-state index in [9.17, 15) is 19.5 Å². The Balaban J connectivity index is 3.00. The number of hydrazine groups is 1. The van der Waals surface area contributed by atoms with Gasteiger partial charge >= 0.3 is 12.2 Å². The van der Waals surface area contributed by atoms with Gasteiger partial charge in [0.15, 0.2) is 6.10 Å². The number of nitrogens with zero attached hydrogens (tertiary/aromatic N) is 1. The molecule has 0 aliphatic heterocycles. The lowest BCUT2D eigenvalue weighted by Crippen LogP contribution is -2.60. The summed E-state index contributed by atoms with van der Waals surface area (Å²) in [4.78, 5) is 37.6. The van der Waals surface area contributed by atoms with E-state index in [1.165, 1.54) is 0 Å². The van der Waals surface area contributed by atoms with Crippen LogP contribution in [-0.4, -0.2) is 51.6 Å². The quantitative estimate of drug-likeness (QED) is 0.589. The van der Waals surface area contributed by atoms with Crippen LogP contribution in [0, 0.1) is 0 Å². The molecule has 0 radical (unpaired) electrons. The van der Waals surface area contributed by atoms with Crippen molar-refractivity contribution in [3.05, 3.63) is 35.9 Å². The van der Waals surface area contributed by atoms with Crippen molar-refractivity contribution in [3.8, 4) is 0 Å². The zero-order valence-corrected chi connectivity index (χ0v) is 19.4. The van der Waals surface area contributed by atoms with Gasteiger partial charge < -0.3 is 19.9 Å². The number of benzene rings is 1. The average molecular weight is 438 g/mol. The number of carbonyl (C=O) groups is 3. The molecule has 9 heteroatoms. The summed E-state index contributed by atoms with van der Waals surface area (Å²) < 4.78 is 10.6. The minimum absolute atomic E-state index is 0.162. The lowest BCUT2D eigenvalue weighted by Gasteiger charge is -2.35. The van der Waals surface area contributed by atoms with Gasteiger partial charge in [0, 0.05) is 6.54 Å². The lowest BCUT2D eigenvalue weighted by molar-refractivity contribution is -0.134. The normalized spacial score (nSPS) is 13.5. The van der Waals surface area contributed by atoms with Gasteiger partial charge in [0.1, 0.15) is 11.2 Å². The van der Waals surface area contributed by atoms with Crippen molar-refractivity contribution in [1.29, 1.82) is 0 Å². The summed E-state index contributed by atoms with van der Waals surface area (Å²) in [5.74, 6) is -0.685. The van der Waals surface area contributed by atoms with Gasteiger partial charge in [-0.25, -0.2) is 20.0 Å². The Bertz CT molecular complexity index is 740. The second kappa shape index (κ2) is 11.0. The lowest BCUT2D eigenvalue weighted by atomic mass is 10.1. The monoisotopic (exact) mass is 437 g/mol. The fraction of sp³-hybridized carbons (Fsp3) is 0.591. The van der Waals surface area contributed by atoms with Crippen molar-refractivity contribution in [3.63, 3.8) is 0 Å². The third-order valence-electron chi connectivity index (χ3n) is 3.89. The maximum absolute atomic E-state index is 12.8. The number of hydrogen-bond acceptors (Lipinski definition) is 6. The molecule has 1 aromatic rings. The number of aliphatic hydroxyl groups is 1. The molecule has 9 nitrogen and oxygen atoms in total. The number of rotatable bonds is 6. The Morgan fingerprint density at radius 3 is 2.03 bits per heavy atom. The van der Waals surface area contributed by atoms with E-state index >= 15 is 0 Å². The SMILES string of the molecule is CC[C@H](C(O)C(=O)NCc1ccccc1)N(NC(=O)OC(C)(C)C)C(=O)OC(C)(C)C. The minimum Gasteiger partial charge on any atom is -0.443 e. The van der Waals surface area contributed by atoms with Crippen LogP contribution in [0.1, 0.15) is 60.5 Å². The van der Waals surface area contributed by atoms with Gasteiger partial charge in [0.2, 0.25) is 0 Å². The first-order valence-corrected chi connectivity index (χ1v) is 10.2. The zero-order chi connectivity index (χ0) is 23.8. The first-order valence-electron chi connectivity index (χ1n) is 10.2. The highest BCUT2D eigenvalue weighted by Crippen LogP contribution is 2.16. The van der Waals surface area contributed by atoms with E-state index < -0.39 is 41.4 Å². The highest BCUT2D eigenvalue weighted by Gasteiger charge is 2.37. The van der Waals surface area contributed by atoms with Gasteiger partial charge in [-0.2, -0.15) is 0 Å². The molecular formula is C22H35N3O6. The number of amides is 3. The minimum atomic E-state index is -1.61. The molecule has 174 valence electrons. The zero-order valence-electron chi connectivity index (χ0n) is 19.4. The summed E-state index contributed by atoms with van der Waals surface area (Å²) >= 11 is 0. The molecular weight excluding hydrogens is 402 g/mol. The largest absolute Gasteiger partial charge is 0.443 e. The van der Waals surface area contributed by atoms with E-state index in [4.69, 9.17) is 9.47 Å². The van der Waals surface area contributed by atoms with Gasteiger partial charge in [0.25, 0.3) is 5.91 Å². The molecule has 0 saturated carbocycles. The Hall–Kier alpha value is -2.81. The highest BCUT2D eigenvalue weighted by atomic mass is 16.6. The standard InChI is InChI=1S/C22H35N3O6/c1-8-16(17(26)18(27)23-14-15-12-10-9-11-13-15)25(20(29)31-22(5,6)7)24-19(28)30-21(2,3)4/h9-13,16-17,26H,8,14H2,1-7H3,(H,23,27)(H,24,28)/t16-,17?/m1/s1. The summed E-state index contributed by atoms with van der Waals surface area (Å²) in [7, 11) is 0. The van der Waals surface area contributed by atoms with Gasteiger partial charge in [-0.05, 0) is 53.5 Å². The maximum Gasteiger partial charge on any atom is 0.429 e. The first kappa shape index (κ1) is 26.2. The Kier molecular flexibility index (Phi) is 9.30. The van der Waals surface area contributed by atoms with Crippen LogP contribution >= 0.6 is 0 Å². The van der Waals surface area contributed by atoms with Crippen molar-refractivity contribution >= 4 is 18.1 Å². The highest BCUT2D eigenvalue weighted by molar-refractivity contribution is 5.82. The molecule has 1 rings (SSSR count). The van der Waals surface area contributed by atoms with E-state index in [1.54, 1.807) is 48.5 Å². The third kappa shape index (κ3) is 9.69. The number of carbonyl (C=O) groups excluding carboxylic acids is 3. The second-order valence-electron chi connectivity index (χ2n) is 9.09. The smallest absolute Gasteiger partial charge is 0.429 e. The van der Waals surface area contributed by atoms with Gasteiger partial charge in [-0.1, -0.05) is 37.3 Å². The average Bonchev–Trinajstić information content (AvgIpc) is 2.63. The summed E-state index contributed by atoms with van der Waals surface area (Å²) in [5.41, 5.74) is 1.50. The van der Waals surface area contributed by atoms with Crippen LogP contribution in [0.2, 0.25) is 0 Å². The Morgan fingerprint density at radius 1 is 1.00 bits per heavy atom. The molecule has 1 aromatic carbocycles. The fourth-order valence-corrected chi connectivity index (χ4v) is 2.59. The van der Waals surface area contributed by atoms with Crippen LogP contribution < -0.4 is 10.7 Å². The number of ether oxygens (including phenoxy) is 2. The molecule has 0 aliphatic rings. The fourth-order valence-electron chi connectivity index (χ4n) is 2.59. The molecule has 31 heavy (non-hydrogen) atoms. The number of aliphatic hydroxyl groups excluding tert-OH is 1. The van der Waals surface area contributed by atoms with Crippen LogP contribution in [0.4, 0.5) is 9.59 Å². The van der Waals surface area contributed by atoms with E-state index in [0.717, 1.165) is 10.6 Å². The molecule has 0 heterocycles. The van der Waals surface area contributed by atoms with E-state index in [1.807, 2.05) is 30.3 Å². The van der Waals surface area contributed by atoms with Crippen LogP contribution in [0.5, 0.6) is 0 Å². The van der Waals surface area contributed by atoms with Crippen molar-refractivity contribution in [2.75, 3.05) is 0 Å². The topological polar surface area (TPSA) is 117 Å². The molecule has 3 amide bonds. The molecule has 0 aliphatic carbocycles. The molecule has 0 spiro atoms. The summed E-state index contributed by atoms with van der Waals surface area (Å²) in [6.45, 7) is 11.9. The van der Waals surface area contributed by atoms with E-state index in [-0.39, 0.29) is 13.0 Å². The summed E-state index contributed by atoms with van der Waals surface area (Å²) in [6.07, 6.45) is -3.28. The van der Waals surface area contributed by atoms with Crippen molar-refractivity contribution in [2.24, 2.45) is 0 Å². The van der Waals surface area contributed by atoms with Gasteiger partial charge in [-0.15, -0.1) is 0 Å². The van der Waals surface area contributed by atoms with Crippen LogP contribution in [-0.2, 0) is 20.8 Å². The Labute approximate surface area is 184 Å². The molecule has 0 aromatic heterocycles. The van der Waals surface area contributed by atoms with Crippen LogP contribution in [0.15, 0.2) is 30.3 Å². The summed E-state index contributed by atoms with van der Waals surface area (Å²) in [6, 6.07) is 8.11. The third-order valence-corrected chi connectivity index (χ3v) is 3.89. The molecule has 1 unspecified atom stereocenters. The molecule has 2 atom stereocenters. The van der Waals surface area contributed by atoms with Crippen LogP contribution in [0.25, 0.3) is 0 Å². The maximum atomic E-state index is 12.8. The molecule has 0 fully saturated rings. The molecule has 0 bridgehead atoms. The Morgan fingerprint density at radius 2 is 1.55 bits per heavy atom. The van der Waals surface area contributed by atoms with Gasteiger partial charge in [0.05, 0.1) is 6.04 Å². The van der Waals surface area contributed by atoms with E-state index in [0.29, 0.717) is 0 Å². The van der Waals surface area contributed by atoms with Crippen molar-refractivity contribution in [1.82, 2.24) is 15.8 Å². The summed E-state index contributed by atoms with van der Waals surface area (Å²) in [5, 5.41) is 14.1. The number of nitrogens with one attached hydrogen (secondary N) is 2. The predicted octanol–water partition coefficient (Wildman–Crippen LogP) is 3.12. The first-order chi connectivity index (χ1) is 14.2. The van der Waals surface area contributed by atoms with Crippen molar-refractivity contribution in [2.45, 2.75) is 84.8 Å². The molecule has 3 N–H and O–H groups in total. The van der Waals surface area contributed by atoms with Crippen molar-refractivity contribution < 1.29 is 29.0 Å². The number of hydrogen-bond donors (Lipinski definition) is 3. The second-order valence-corrected chi connectivity index (χ2v) is 9.09. The molecule has 0 saturated heterocycles. The van der Waals surface area contributed by atoms with Gasteiger partial charge in [-0.3, -0.25) is 4.79 Å². The predicted molar refractivity (Wildman–Crippen MR) is 116 cm³/mol.